The minimum absolute atomic E-state index is 0.190. The maximum absolute atomic E-state index is 12.8. The fourth-order valence-corrected chi connectivity index (χ4v) is 5.62. The van der Waals surface area contributed by atoms with Crippen LogP contribution in [0, 0.1) is 0 Å². The topological polar surface area (TPSA) is 84.0 Å². The van der Waals surface area contributed by atoms with Gasteiger partial charge in [-0.3, -0.25) is 18.8 Å². The van der Waals surface area contributed by atoms with Crippen molar-refractivity contribution < 1.29 is 23.3 Å². The van der Waals surface area contributed by atoms with E-state index < -0.39 is 16.0 Å². The number of β-lactam (4-membered cyclic amide) rings is 1. The molecule has 1 aliphatic heterocycles. The molecule has 0 N–H and O–H groups in total. The lowest BCUT2D eigenvalue weighted by Crippen LogP contribution is -2.65. The zero-order chi connectivity index (χ0) is 26.8. The normalized spacial score (nSPS) is 15.7. The highest BCUT2D eigenvalue weighted by Gasteiger charge is 2.44. The second-order valence-corrected chi connectivity index (χ2v) is 11.3. The smallest absolute Gasteiger partial charge is 0.338 e. The summed E-state index contributed by atoms with van der Waals surface area (Å²) in [5, 5.41) is 3.01. The van der Waals surface area contributed by atoms with E-state index in [1.807, 2.05) is 31.2 Å². The van der Waals surface area contributed by atoms with E-state index in [9.17, 15) is 18.6 Å². The van der Waals surface area contributed by atoms with Crippen molar-refractivity contribution >= 4 is 40.2 Å². The molecule has 2 aromatic carbocycles. The Labute approximate surface area is 226 Å². The van der Waals surface area contributed by atoms with Crippen LogP contribution in [0.25, 0.3) is 0 Å². The van der Waals surface area contributed by atoms with Crippen molar-refractivity contribution in [1.82, 2.24) is 10.0 Å². The Hall–Kier alpha value is -2.71. The van der Waals surface area contributed by atoms with Crippen LogP contribution in [-0.2, 0) is 37.3 Å². The van der Waals surface area contributed by atoms with Crippen LogP contribution in [0.3, 0.4) is 0 Å². The third kappa shape index (κ3) is 8.40. The molecule has 2 unspecified atom stereocenters. The van der Waals surface area contributed by atoms with Crippen molar-refractivity contribution in [1.29, 1.82) is 0 Å². The number of hydrazine groups is 1. The zero-order valence-corrected chi connectivity index (χ0v) is 23.1. The predicted octanol–water partition coefficient (Wildman–Crippen LogP) is 4.93. The Morgan fingerprint density at radius 1 is 1.03 bits per heavy atom. The lowest BCUT2D eigenvalue weighted by Gasteiger charge is -2.44. The van der Waals surface area contributed by atoms with E-state index in [0.717, 1.165) is 49.1 Å². The summed E-state index contributed by atoms with van der Waals surface area (Å²) < 4.78 is 17.9. The van der Waals surface area contributed by atoms with Crippen molar-refractivity contribution in [3.8, 4) is 0 Å². The molecule has 1 heterocycles. The number of carbonyl (C=O) groups is 3. The molecular weight excluding hydrogens is 512 g/mol. The molecule has 0 aromatic heterocycles. The number of carbonyl (C=O) groups excluding carboxylic acids is 3. The Kier molecular flexibility index (Phi) is 11.1. The van der Waals surface area contributed by atoms with Gasteiger partial charge in [0.1, 0.15) is 5.25 Å². The first-order valence-electron chi connectivity index (χ1n) is 12.8. The van der Waals surface area contributed by atoms with Crippen LogP contribution in [0.1, 0.15) is 67.4 Å². The largest absolute Gasteiger partial charge is 0.462 e. The van der Waals surface area contributed by atoms with Crippen LogP contribution in [0.2, 0.25) is 5.02 Å². The maximum atomic E-state index is 12.8. The van der Waals surface area contributed by atoms with Gasteiger partial charge in [0.05, 0.1) is 18.7 Å². The van der Waals surface area contributed by atoms with Crippen molar-refractivity contribution in [2.24, 2.45) is 0 Å². The first-order valence-corrected chi connectivity index (χ1v) is 14.5. The first-order chi connectivity index (χ1) is 17.8. The van der Waals surface area contributed by atoms with Crippen LogP contribution in [0.4, 0.5) is 0 Å². The molecule has 2 atom stereocenters. The highest BCUT2D eigenvalue weighted by molar-refractivity contribution is 7.85. The van der Waals surface area contributed by atoms with Gasteiger partial charge in [0.15, 0.2) is 0 Å². The molecule has 9 heteroatoms. The molecule has 0 radical (unpaired) electrons. The number of aryl methyl sites for hydroxylation is 1. The first kappa shape index (κ1) is 28.9. The Balaban J connectivity index is 1.40. The molecule has 0 aliphatic carbocycles. The number of ether oxygens (including phenoxy) is 1. The molecule has 0 spiro atoms. The van der Waals surface area contributed by atoms with Crippen molar-refractivity contribution in [2.45, 2.75) is 63.4 Å². The fraction of sp³-hybridized carbons (Fsp3) is 0.464. The van der Waals surface area contributed by atoms with Gasteiger partial charge in [-0.2, -0.15) is 0 Å². The summed E-state index contributed by atoms with van der Waals surface area (Å²) in [6, 6.07) is 14.6. The molecule has 2 aromatic rings. The Morgan fingerprint density at radius 3 is 2.30 bits per heavy atom. The number of benzene rings is 2. The quantitative estimate of drug-likeness (QED) is 0.190. The third-order valence-electron chi connectivity index (χ3n) is 6.28. The molecule has 200 valence electrons. The van der Waals surface area contributed by atoms with Gasteiger partial charge in [-0.15, -0.1) is 0 Å². The van der Waals surface area contributed by atoms with E-state index in [4.69, 9.17) is 16.3 Å². The molecule has 1 fully saturated rings. The lowest BCUT2D eigenvalue weighted by molar-refractivity contribution is -0.173. The van der Waals surface area contributed by atoms with Crippen LogP contribution < -0.4 is 0 Å². The van der Waals surface area contributed by atoms with Crippen LogP contribution in [-0.4, -0.2) is 57.0 Å². The van der Waals surface area contributed by atoms with Gasteiger partial charge < -0.3 is 4.74 Å². The Morgan fingerprint density at radius 2 is 1.68 bits per heavy atom. The number of hydrogen-bond donors (Lipinski definition) is 0. The van der Waals surface area contributed by atoms with Crippen molar-refractivity contribution in [3.63, 3.8) is 0 Å². The SMILES string of the molecule is CCCOC(=O)c1ccc(CS(=O)C2CN(N(CCCCCCc3ccc(Cl)cc3)C(C)=O)C2=O)cc1. The van der Waals surface area contributed by atoms with Crippen LogP contribution >= 0.6 is 11.6 Å². The monoisotopic (exact) mass is 546 g/mol. The molecular formula is C28H35ClN2O5S. The van der Waals surface area contributed by atoms with E-state index in [2.05, 4.69) is 0 Å². The van der Waals surface area contributed by atoms with Gasteiger partial charge in [-0.1, -0.05) is 55.6 Å². The lowest BCUT2D eigenvalue weighted by atomic mass is 10.1. The molecule has 1 saturated heterocycles. The van der Waals surface area contributed by atoms with E-state index >= 15 is 0 Å². The second kappa shape index (κ2) is 14.3. The number of unbranched alkanes of at least 4 members (excludes halogenated alkanes) is 3. The van der Waals surface area contributed by atoms with Crippen molar-refractivity contribution in [3.05, 3.63) is 70.2 Å². The average Bonchev–Trinajstić information content (AvgIpc) is 2.88. The summed E-state index contributed by atoms with van der Waals surface area (Å²) in [7, 11) is -1.42. The standard InChI is InChI=1S/C28H35ClN2O5S/c1-3-18-36-28(34)24-13-9-23(10-14-24)20-37(35)26-19-31(27(26)33)30(21(2)32)17-7-5-4-6-8-22-11-15-25(29)16-12-22/h9-16,26H,3-8,17-20H2,1-2H3. The molecule has 0 bridgehead atoms. The van der Waals surface area contributed by atoms with Gasteiger partial charge in [0.25, 0.3) is 5.91 Å². The highest BCUT2D eigenvalue weighted by Crippen LogP contribution is 2.22. The number of amides is 2. The second-order valence-electron chi connectivity index (χ2n) is 9.20. The highest BCUT2D eigenvalue weighted by atomic mass is 35.5. The summed E-state index contributed by atoms with van der Waals surface area (Å²) in [4.78, 5) is 36.9. The predicted molar refractivity (Wildman–Crippen MR) is 145 cm³/mol. The minimum atomic E-state index is -1.42. The molecule has 7 nitrogen and oxygen atoms in total. The number of nitrogens with zero attached hydrogens (tertiary/aromatic N) is 2. The Bertz CT molecular complexity index is 1090. The number of halogens is 1. The number of esters is 1. The van der Waals surface area contributed by atoms with E-state index in [1.165, 1.54) is 22.5 Å². The van der Waals surface area contributed by atoms with Gasteiger partial charge in [0, 0.05) is 35.0 Å². The summed E-state index contributed by atoms with van der Waals surface area (Å²) >= 11 is 5.92. The van der Waals surface area contributed by atoms with E-state index in [0.29, 0.717) is 18.7 Å². The summed E-state index contributed by atoms with van der Waals surface area (Å²) in [6.07, 6.45) is 5.57. The zero-order valence-electron chi connectivity index (χ0n) is 21.5. The van der Waals surface area contributed by atoms with Gasteiger partial charge >= 0.3 is 5.97 Å². The molecule has 1 aliphatic rings. The maximum Gasteiger partial charge on any atom is 0.338 e. The molecule has 3 rings (SSSR count). The minimum Gasteiger partial charge on any atom is -0.462 e. The number of rotatable bonds is 14. The van der Waals surface area contributed by atoms with E-state index in [1.54, 1.807) is 24.3 Å². The van der Waals surface area contributed by atoms with Gasteiger partial charge in [-0.25, -0.2) is 9.80 Å². The summed E-state index contributed by atoms with van der Waals surface area (Å²) in [5.41, 5.74) is 2.47. The fourth-order valence-electron chi connectivity index (χ4n) is 4.12. The molecule has 37 heavy (non-hydrogen) atoms. The van der Waals surface area contributed by atoms with Crippen LogP contribution in [0.15, 0.2) is 48.5 Å². The number of hydrogen-bond acceptors (Lipinski definition) is 5. The average molecular weight is 547 g/mol. The third-order valence-corrected chi connectivity index (χ3v) is 8.13. The summed E-state index contributed by atoms with van der Waals surface area (Å²) in [6.45, 7) is 4.48. The molecule has 0 saturated carbocycles. The van der Waals surface area contributed by atoms with Gasteiger partial charge in [0.2, 0.25) is 5.91 Å². The molecule has 2 amide bonds. The van der Waals surface area contributed by atoms with E-state index in [-0.39, 0.29) is 30.1 Å². The summed E-state index contributed by atoms with van der Waals surface area (Å²) in [5.74, 6) is -0.645. The van der Waals surface area contributed by atoms with Crippen molar-refractivity contribution in [2.75, 3.05) is 19.7 Å². The van der Waals surface area contributed by atoms with Gasteiger partial charge in [-0.05, 0) is 61.1 Å². The van der Waals surface area contributed by atoms with Crippen LogP contribution in [0.5, 0.6) is 0 Å².